The summed E-state index contributed by atoms with van der Waals surface area (Å²) in [7, 11) is 0. The summed E-state index contributed by atoms with van der Waals surface area (Å²) in [5.74, 6) is 1.08. The molecule has 0 radical (unpaired) electrons. The standard InChI is InChI=1S/C16H12BrCl2NO3/c17-11-7-14-15(23-4-3-22-14)8-13(11)20-16(21)5-9-1-2-10(18)6-12(9)19/h1-2,6-8H,3-5H2,(H,20,21). The zero-order valence-corrected chi connectivity index (χ0v) is 15.0. The van der Waals surface area contributed by atoms with Crippen molar-refractivity contribution in [3.63, 3.8) is 0 Å². The van der Waals surface area contributed by atoms with Crippen molar-refractivity contribution >= 4 is 50.7 Å². The van der Waals surface area contributed by atoms with Gasteiger partial charge < -0.3 is 14.8 Å². The van der Waals surface area contributed by atoms with Crippen molar-refractivity contribution in [2.24, 2.45) is 0 Å². The van der Waals surface area contributed by atoms with Gasteiger partial charge in [-0.1, -0.05) is 29.3 Å². The van der Waals surface area contributed by atoms with E-state index in [1.165, 1.54) is 0 Å². The summed E-state index contributed by atoms with van der Waals surface area (Å²) in [6.07, 6.45) is 0.150. The summed E-state index contributed by atoms with van der Waals surface area (Å²) < 4.78 is 11.7. The largest absolute Gasteiger partial charge is 0.486 e. The second-order valence-corrected chi connectivity index (χ2v) is 6.63. The van der Waals surface area contributed by atoms with Crippen LogP contribution in [-0.2, 0) is 11.2 Å². The minimum atomic E-state index is -0.188. The molecule has 1 heterocycles. The normalized spacial score (nSPS) is 12.8. The van der Waals surface area contributed by atoms with Crippen LogP contribution in [0.1, 0.15) is 5.56 Å². The van der Waals surface area contributed by atoms with Gasteiger partial charge in [-0.2, -0.15) is 0 Å². The van der Waals surface area contributed by atoms with Gasteiger partial charge in [0.1, 0.15) is 13.2 Å². The Morgan fingerprint density at radius 3 is 2.52 bits per heavy atom. The first-order valence-corrected chi connectivity index (χ1v) is 8.41. The zero-order chi connectivity index (χ0) is 16.4. The molecule has 0 bridgehead atoms. The Balaban J connectivity index is 1.75. The number of carbonyl (C=O) groups excluding carboxylic acids is 1. The number of halogens is 3. The van der Waals surface area contributed by atoms with Gasteiger partial charge in [0.25, 0.3) is 0 Å². The van der Waals surface area contributed by atoms with Gasteiger partial charge >= 0.3 is 0 Å². The van der Waals surface area contributed by atoms with Crippen molar-refractivity contribution in [1.29, 1.82) is 0 Å². The Morgan fingerprint density at radius 1 is 1.13 bits per heavy atom. The number of fused-ring (bicyclic) bond motifs is 1. The van der Waals surface area contributed by atoms with Crippen LogP contribution in [0.2, 0.25) is 10.0 Å². The molecule has 0 spiro atoms. The van der Waals surface area contributed by atoms with Crippen LogP contribution < -0.4 is 14.8 Å². The number of carbonyl (C=O) groups is 1. The smallest absolute Gasteiger partial charge is 0.228 e. The molecule has 2 aromatic carbocycles. The molecule has 1 aliphatic heterocycles. The topological polar surface area (TPSA) is 47.6 Å². The summed E-state index contributed by atoms with van der Waals surface area (Å²) in [4.78, 5) is 12.2. The number of amides is 1. The van der Waals surface area contributed by atoms with Crippen LogP contribution >= 0.6 is 39.1 Å². The van der Waals surface area contributed by atoms with E-state index in [0.29, 0.717) is 46.0 Å². The van der Waals surface area contributed by atoms with E-state index in [1.807, 2.05) is 0 Å². The molecule has 0 aliphatic carbocycles. The molecular weight excluding hydrogens is 405 g/mol. The number of anilines is 1. The number of benzene rings is 2. The molecule has 1 N–H and O–H groups in total. The van der Waals surface area contributed by atoms with Gasteiger partial charge in [0.2, 0.25) is 5.91 Å². The Hall–Kier alpha value is -1.43. The molecule has 4 nitrogen and oxygen atoms in total. The minimum Gasteiger partial charge on any atom is -0.486 e. The third-order valence-electron chi connectivity index (χ3n) is 3.27. The second kappa shape index (κ2) is 6.99. The second-order valence-electron chi connectivity index (χ2n) is 4.94. The fourth-order valence-electron chi connectivity index (χ4n) is 2.19. The summed E-state index contributed by atoms with van der Waals surface area (Å²) >= 11 is 15.4. The van der Waals surface area contributed by atoms with E-state index in [9.17, 15) is 4.79 Å². The highest BCUT2D eigenvalue weighted by molar-refractivity contribution is 9.10. The monoisotopic (exact) mass is 415 g/mol. The molecule has 23 heavy (non-hydrogen) atoms. The Morgan fingerprint density at radius 2 is 1.83 bits per heavy atom. The van der Waals surface area contributed by atoms with Gasteiger partial charge in [-0.25, -0.2) is 0 Å². The van der Waals surface area contributed by atoms with Gasteiger partial charge in [0.15, 0.2) is 11.5 Å². The predicted molar refractivity (Wildman–Crippen MR) is 93.9 cm³/mol. The molecule has 0 unspecified atom stereocenters. The van der Waals surface area contributed by atoms with Crippen LogP contribution in [0.15, 0.2) is 34.8 Å². The summed E-state index contributed by atoms with van der Waals surface area (Å²) in [5.41, 5.74) is 1.33. The highest BCUT2D eigenvalue weighted by Crippen LogP contribution is 2.38. The van der Waals surface area contributed by atoms with Crippen molar-refractivity contribution in [3.05, 3.63) is 50.4 Å². The van der Waals surface area contributed by atoms with E-state index in [4.69, 9.17) is 32.7 Å². The number of nitrogens with one attached hydrogen (secondary N) is 1. The molecule has 0 aromatic heterocycles. The molecule has 0 atom stereocenters. The number of rotatable bonds is 3. The number of hydrogen-bond acceptors (Lipinski definition) is 3. The average molecular weight is 417 g/mol. The van der Waals surface area contributed by atoms with Gasteiger partial charge in [0.05, 0.1) is 12.1 Å². The van der Waals surface area contributed by atoms with Crippen LogP contribution in [0.5, 0.6) is 11.5 Å². The van der Waals surface area contributed by atoms with E-state index >= 15 is 0 Å². The summed E-state index contributed by atoms with van der Waals surface area (Å²) in [6.45, 7) is 1.00. The lowest BCUT2D eigenvalue weighted by Gasteiger charge is -2.20. The van der Waals surface area contributed by atoms with E-state index in [1.54, 1.807) is 30.3 Å². The van der Waals surface area contributed by atoms with E-state index < -0.39 is 0 Å². The first kappa shape index (κ1) is 16.4. The molecule has 3 rings (SSSR count). The van der Waals surface area contributed by atoms with Crippen LogP contribution in [0.25, 0.3) is 0 Å². The Bertz CT molecular complexity index is 767. The van der Waals surface area contributed by atoms with Crippen LogP contribution in [0.3, 0.4) is 0 Å². The lowest BCUT2D eigenvalue weighted by atomic mass is 10.1. The van der Waals surface area contributed by atoms with Crippen LogP contribution in [-0.4, -0.2) is 19.1 Å². The molecule has 7 heteroatoms. The van der Waals surface area contributed by atoms with Gasteiger partial charge in [-0.05, 0) is 33.6 Å². The molecule has 2 aromatic rings. The first-order valence-electron chi connectivity index (χ1n) is 6.86. The van der Waals surface area contributed by atoms with Crippen molar-refractivity contribution in [2.75, 3.05) is 18.5 Å². The van der Waals surface area contributed by atoms with E-state index in [2.05, 4.69) is 21.2 Å². The molecule has 0 saturated heterocycles. The number of ether oxygens (including phenoxy) is 2. The predicted octanol–water partition coefficient (Wildman–Crippen LogP) is 4.71. The molecule has 120 valence electrons. The van der Waals surface area contributed by atoms with Crippen LogP contribution in [0.4, 0.5) is 5.69 Å². The van der Waals surface area contributed by atoms with Gasteiger partial charge in [-0.15, -0.1) is 0 Å². The fourth-order valence-corrected chi connectivity index (χ4v) is 3.09. The Labute approximate surface area is 151 Å². The van der Waals surface area contributed by atoms with Crippen molar-refractivity contribution in [1.82, 2.24) is 0 Å². The lowest BCUT2D eigenvalue weighted by molar-refractivity contribution is -0.115. The maximum Gasteiger partial charge on any atom is 0.228 e. The summed E-state index contributed by atoms with van der Waals surface area (Å²) in [6, 6.07) is 8.57. The first-order chi connectivity index (χ1) is 11.0. The SMILES string of the molecule is O=C(Cc1ccc(Cl)cc1Cl)Nc1cc2c(cc1Br)OCCO2. The zero-order valence-electron chi connectivity index (χ0n) is 11.9. The highest BCUT2D eigenvalue weighted by Gasteiger charge is 2.16. The minimum absolute atomic E-state index is 0.150. The maximum atomic E-state index is 12.2. The van der Waals surface area contributed by atoms with Gasteiger partial charge in [-0.3, -0.25) is 4.79 Å². The molecule has 1 aliphatic rings. The van der Waals surface area contributed by atoms with Crippen molar-refractivity contribution in [3.8, 4) is 11.5 Å². The van der Waals surface area contributed by atoms with E-state index in [-0.39, 0.29) is 12.3 Å². The van der Waals surface area contributed by atoms with Crippen molar-refractivity contribution < 1.29 is 14.3 Å². The molecular formula is C16H12BrCl2NO3. The fraction of sp³-hybridized carbons (Fsp3) is 0.188. The molecule has 1 amide bonds. The quantitative estimate of drug-likeness (QED) is 0.788. The Kier molecular flexibility index (Phi) is 4.99. The summed E-state index contributed by atoms with van der Waals surface area (Å²) in [5, 5.41) is 3.84. The molecule has 0 fully saturated rings. The third kappa shape index (κ3) is 3.91. The van der Waals surface area contributed by atoms with Crippen LogP contribution in [0, 0.1) is 0 Å². The maximum absolute atomic E-state index is 12.2. The van der Waals surface area contributed by atoms with E-state index in [0.717, 1.165) is 4.47 Å². The lowest BCUT2D eigenvalue weighted by Crippen LogP contribution is -2.17. The number of hydrogen-bond donors (Lipinski definition) is 1. The third-order valence-corrected chi connectivity index (χ3v) is 4.52. The van der Waals surface area contributed by atoms with Crippen molar-refractivity contribution in [2.45, 2.75) is 6.42 Å². The average Bonchev–Trinajstić information content (AvgIpc) is 2.51. The highest BCUT2D eigenvalue weighted by atomic mass is 79.9. The van der Waals surface area contributed by atoms with Gasteiger partial charge in [0, 0.05) is 26.7 Å². The molecule has 0 saturated carbocycles.